The summed E-state index contributed by atoms with van der Waals surface area (Å²) in [4.78, 5) is 13.6. The smallest absolute Gasteiger partial charge is 0.231 e. The quantitative estimate of drug-likeness (QED) is 0.101. The lowest BCUT2D eigenvalue weighted by Gasteiger charge is -2.32. The summed E-state index contributed by atoms with van der Waals surface area (Å²) in [5, 5.41) is 27.0. The van der Waals surface area contributed by atoms with Crippen LogP contribution in [0, 0.1) is 11.2 Å². The molecule has 2 aromatic heterocycles. The maximum atomic E-state index is 15.2. The fraction of sp³-hybridized carbons (Fsp3) is 0.361. The number of hydrogen-bond donors (Lipinski definition) is 6. The fourth-order valence-electron chi connectivity index (χ4n) is 6.39. The second-order valence-electron chi connectivity index (χ2n) is 12.6. The molecular weight excluding hydrogens is 615 g/mol. The van der Waals surface area contributed by atoms with Crippen LogP contribution in [-0.4, -0.2) is 45.9 Å². The molecule has 0 spiro atoms. The van der Waals surface area contributed by atoms with Gasteiger partial charge in [-0.15, -0.1) is 0 Å². The summed E-state index contributed by atoms with van der Waals surface area (Å²) in [6, 6.07) is 19.8. The van der Waals surface area contributed by atoms with E-state index in [0.29, 0.717) is 40.9 Å². The maximum Gasteiger partial charge on any atom is 0.231 e. The predicted molar refractivity (Wildman–Crippen MR) is 185 cm³/mol. The van der Waals surface area contributed by atoms with Crippen LogP contribution in [0.4, 0.5) is 10.1 Å². The summed E-state index contributed by atoms with van der Waals surface area (Å²) < 4.78 is 15.2. The van der Waals surface area contributed by atoms with E-state index in [1.54, 1.807) is 17.2 Å². The number of H-pyrrole nitrogens is 1. The Morgan fingerprint density at radius 3 is 2.79 bits per heavy atom. The molecule has 7 N–H and O–H groups in total. The molecule has 4 atom stereocenters. The van der Waals surface area contributed by atoms with E-state index < -0.39 is 12.2 Å². The number of nitrogens with two attached hydrogens (primary N) is 1. The van der Waals surface area contributed by atoms with Crippen LogP contribution in [0.2, 0.25) is 5.02 Å². The Bertz CT molecular complexity index is 1810. The lowest BCUT2D eigenvalue weighted by molar-refractivity contribution is 0.186. The van der Waals surface area contributed by atoms with E-state index in [0.717, 1.165) is 61.4 Å². The van der Waals surface area contributed by atoms with Crippen molar-refractivity contribution in [3.8, 4) is 11.3 Å². The van der Waals surface area contributed by atoms with E-state index in [1.165, 1.54) is 5.56 Å². The lowest BCUT2D eigenvalue weighted by atomic mass is 9.92. The SMILES string of the molecule is C[C@H](N)CCCc1cc(Cl)c(F)c(-c2cc3c([nH]2)=NC(O)N(c2ccc([C@H]4CCC[C@H](CCNC(=N)c5ccccn5)N4)cc2)C=3)c1. The zero-order chi connectivity index (χ0) is 32.9. The Balaban J connectivity index is 1.11. The number of piperidine rings is 1. The standard InChI is InChI=1S/C36H42ClFN8O/c1-22(39)6-4-7-23-18-28(33(38)29(37)19-23)32-20-25-21-46(36(47)45-35(25)44-32)27-13-11-24(12-14-27)30-10-5-8-26(43-30)15-17-42-34(40)31-9-2-3-16-41-31/h2-3,9,11-14,16,18-22,26,30,36,43,47H,4-8,10,15,17,39H2,1H3,(H2,40,42)(H,44,45)/t22-,26+,30+,36?/m0/s1. The van der Waals surface area contributed by atoms with Crippen LogP contribution in [0.5, 0.6) is 0 Å². The van der Waals surface area contributed by atoms with Gasteiger partial charge in [-0.3, -0.25) is 10.4 Å². The highest BCUT2D eigenvalue weighted by molar-refractivity contribution is 6.31. The third-order valence-electron chi connectivity index (χ3n) is 8.89. The number of benzene rings is 2. The van der Waals surface area contributed by atoms with E-state index in [4.69, 9.17) is 22.7 Å². The Kier molecular flexibility index (Phi) is 10.3. The number of pyridine rings is 1. The highest BCUT2D eigenvalue weighted by Gasteiger charge is 2.24. The molecule has 2 aliphatic rings. The molecule has 1 fully saturated rings. The van der Waals surface area contributed by atoms with Crippen molar-refractivity contribution in [2.24, 2.45) is 10.7 Å². The number of rotatable bonds is 11. The Labute approximate surface area is 279 Å². The number of hydrogen-bond acceptors (Lipinski definition) is 7. The summed E-state index contributed by atoms with van der Waals surface area (Å²) in [5.41, 5.74) is 10.9. The largest absolute Gasteiger partial charge is 0.369 e. The van der Waals surface area contributed by atoms with Gasteiger partial charge >= 0.3 is 0 Å². The molecular formula is C36H42ClFN8O. The first-order valence-corrected chi connectivity index (χ1v) is 16.7. The van der Waals surface area contributed by atoms with Crippen LogP contribution in [0.3, 0.4) is 0 Å². The van der Waals surface area contributed by atoms with Gasteiger partial charge in [0.2, 0.25) is 6.35 Å². The van der Waals surface area contributed by atoms with E-state index in [1.807, 2.05) is 55.6 Å². The highest BCUT2D eigenvalue weighted by Crippen LogP contribution is 2.30. The molecule has 0 aliphatic carbocycles. The zero-order valence-corrected chi connectivity index (χ0v) is 27.3. The monoisotopic (exact) mass is 656 g/mol. The highest BCUT2D eigenvalue weighted by atomic mass is 35.5. The van der Waals surface area contributed by atoms with Crippen LogP contribution in [0.1, 0.15) is 68.3 Å². The van der Waals surface area contributed by atoms with Crippen molar-refractivity contribution in [3.63, 3.8) is 0 Å². The number of halogens is 2. The van der Waals surface area contributed by atoms with Gasteiger partial charge in [0.05, 0.1) is 10.7 Å². The maximum absolute atomic E-state index is 15.2. The average molecular weight is 657 g/mol. The van der Waals surface area contributed by atoms with Gasteiger partial charge in [-0.25, -0.2) is 9.38 Å². The van der Waals surface area contributed by atoms with Gasteiger partial charge in [-0.2, -0.15) is 0 Å². The van der Waals surface area contributed by atoms with Gasteiger partial charge in [0.15, 0.2) is 5.82 Å². The van der Waals surface area contributed by atoms with Gasteiger partial charge in [0.1, 0.15) is 17.0 Å². The van der Waals surface area contributed by atoms with Crippen molar-refractivity contribution in [2.45, 2.75) is 76.3 Å². The van der Waals surface area contributed by atoms with Crippen LogP contribution >= 0.6 is 11.6 Å². The van der Waals surface area contributed by atoms with E-state index in [2.05, 4.69) is 37.7 Å². The number of nitrogens with zero attached hydrogens (tertiary/aromatic N) is 3. The number of aliphatic hydroxyl groups is 1. The second-order valence-corrected chi connectivity index (χ2v) is 13.0. The van der Waals surface area contributed by atoms with E-state index >= 15 is 4.39 Å². The summed E-state index contributed by atoms with van der Waals surface area (Å²) in [7, 11) is 0. The molecule has 246 valence electrons. The molecule has 6 rings (SSSR count). The Morgan fingerprint density at radius 1 is 1.19 bits per heavy atom. The number of anilines is 1. The number of nitrogens with one attached hydrogen (secondary N) is 4. The predicted octanol–water partition coefficient (Wildman–Crippen LogP) is 4.88. The van der Waals surface area contributed by atoms with Gasteiger partial charge in [0, 0.05) is 53.5 Å². The summed E-state index contributed by atoms with van der Waals surface area (Å²) >= 11 is 6.28. The third-order valence-corrected chi connectivity index (χ3v) is 9.17. The first kappa shape index (κ1) is 32.8. The molecule has 4 heterocycles. The average Bonchev–Trinajstić information content (AvgIpc) is 3.49. The van der Waals surface area contributed by atoms with Crippen molar-refractivity contribution in [2.75, 3.05) is 11.4 Å². The third kappa shape index (κ3) is 7.90. The molecule has 0 amide bonds. The molecule has 0 radical (unpaired) electrons. The number of amidine groups is 1. The fourth-order valence-corrected chi connectivity index (χ4v) is 6.63. The molecule has 47 heavy (non-hydrogen) atoms. The van der Waals surface area contributed by atoms with Crippen molar-refractivity contribution in [1.82, 2.24) is 20.6 Å². The van der Waals surface area contributed by atoms with Crippen LogP contribution in [0.15, 0.2) is 71.9 Å². The number of aryl methyl sites for hydroxylation is 1. The van der Waals surface area contributed by atoms with Crippen LogP contribution < -0.4 is 32.0 Å². The lowest BCUT2D eigenvalue weighted by Crippen LogP contribution is -2.41. The molecule has 2 aliphatic heterocycles. The number of fused-ring (bicyclic) bond motifs is 1. The molecule has 11 heteroatoms. The number of aromatic nitrogens is 2. The molecule has 1 saturated heterocycles. The van der Waals surface area contributed by atoms with Gasteiger partial charge in [0.25, 0.3) is 0 Å². The summed E-state index contributed by atoms with van der Waals surface area (Å²) in [5.74, 6) is -0.150. The minimum Gasteiger partial charge on any atom is -0.369 e. The van der Waals surface area contributed by atoms with Crippen molar-refractivity contribution in [1.29, 1.82) is 5.41 Å². The number of aliphatic hydroxyl groups excluding tert-OH is 1. The topological polar surface area (TPSA) is 138 Å². The first-order valence-electron chi connectivity index (χ1n) is 16.3. The molecule has 1 unspecified atom stereocenters. The molecule has 4 aromatic rings. The first-order chi connectivity index (χ1) is 22.7. The van der Waals surface area contributed by atoms with Crippen molar-refractivity contribution >= 4 is 29.3 Å². The zero-order valence-electron chi connectivity index (χ0n) is 26.5. The molecule has 0 bridgehead atoms. The molecule has 2 aromatic carbocycles. The van der Waals surface area contributed by atoms with Gasteiger partial charge < -0.3 is 31.4 Å². The van der Waals surface area contributed by atoms with Crippen LogP contribution in [-0.2, 0) is 6.42 Å². The van der Waals surface area contributed by atoms with Crippen LogP contribution in [0.25, 0.3) is 17.5 Å². The Morgan fingerprint density at radius 2 is 2.02 bits per heavy atom. The summed E-state index contributed by atoms with van der Waals surface area (Å²) in [6.45, 7) is 2.68. The van der Waals surface area contributed by atoms with E-state index in [9.17, 15) is 5.11 Å². The minimum absolute atomic E-state index is 0.0742. The van der Waals surface area contributed by atoms with Crippen molar-refractivity contribution in [3.05, 3.63) is 105 Å². The summed E-state index contributed by atoms with van der Waals surface area (Å²) in [6.07, 6.45) is 9.09. The van der Waals surface area contributed by atoms with Crippen molar-refractivity contribution < 1.29 is 9.50 Å². The number of aromatic amines is 1. The van der Waals surface area contributed by atoms with E-state index in [-0.39, 0.29) is 17.1 Å². The second kappa shape index (κ2) is 14.8. The molecule has 0 saturated carbocycles. The Hall–Kier alpha value is -4.09. The minimum atomic E-state index is -1.13. The normalized spacial score (nSPS) is 19.8. The van der Waals surface area contributed by atoms with Gasteiger partial charge in [-0.1, -0.05) is 36.2 Å². The van der Waals surface area contributed by atoms with Gasteiger partial charge in [-0.05, 0) is 99.0 Å². The molecule has 9 nitrogen and oxygen atoms in total.